The second-order valence-corrected chi connectivity index (χ2v) is 6.16. The first-order valence-corrected chi connectivity index (χ1v) is 8.66. The van der Waals surface area contributed by atoms with Gasteiger partial charge in [-0.15, -0.1) is 0 Å². The van der Waals surface area contributed by atoms with Gasteiger partial charge in [0.2, 0.25) is 5.91 Å². The molecule has 26 heavy (non-hydrogen) atoms. The highest BCUT2D eigenvalue weighted by atomic mass is 19.1. The third-order valence-electron chi connectivity index (χ3n) is 4.22. The molecule has 0 saturated carbocycles. The monoisotopic (exact) mass is 356 g/mol. The summed E-state index contributed by atoms with van der Waals surface area (Å²) in [6.45, 7) is 1.07. The smallest absolute Gasteiger partial charge is 0.257 e. The summed E-state index contributed by atoms with van der Waals surface area (Å²) >= 11 is 0. The van der Waals surface area contributed by atoms with Crippen molar-refractivity contribution in [2.75, 3.05) is 24.6 Å². The van der Waals surface area contributed by atoms with Crippen molar-refractivity contribution in [1.29, 1.82) is 0 Å². The topological polar surface area (TPSA) is 58.6 Å². The van der Waals surface area contributed by atoms with E-state index in [1.54, 1.807) is 29.2 Å². The maximum atomic E-state index is 12.8. The fourth-order valence-electron chi connectivity index (χ4n) is 2.86. The van der Waals surface area contributed by atoms with Crippen LogP contribution in [0.4, 0.5) is 10.1 Å². The lowest BCUT2D eigenvalue weighted by Crippen LogP contribution is -2.30. The number of carbonyl (C=O) groups is 2. The minimum atomic E-state index is -0.274. The molecule has 0 radical (unpaired) electrons. The number of nitrogens with zero attached hydrogens (tertiary/aromatic N) is 1. The molecule has 0 aromatic heterocycles. The van der Waals surface area contributed by atoms with E-state index in [-0.39, 0.29) is 24.2 Å². The first kappa shape index (κ1) is 17.9. The maximum absolute atomic E-state index is 12.8. The number of halogens is 1. The molecule has 1 aliphatic rings. The lowest BCUT2D eigenvalue weighted by Gasteiger charge is -2.16. The van der Waals surface area contributed by atoms with E-state index < -0.39 is 0 Å². The van der Waals surface area contributed by atoms with Crippen molar-refractivity contribution < 1.29 is 18.7 Å². The van der Waals surface area contributed by atoms with Crippen LogP contribution < -0.4 is 15.0 Å². The van der Waals surface area contributed by atoms with E-state index in [2.05, 4.69) is 5.32 Å². The number of rotatable bonds is 7. The molecule has 1 heterocycles. The Morgan fingerprint density at radius 3 is 2.73 bits per heavy atom. The Bertz CT molecular complexity index is 777. The minimum absolute atomic E-state index is 0.0964. The molecule has 2 amide bonds. The molecule has 6 heteroatoms. The van der Waals surface area contributed by atoms with E-state index in [1.807, 2.05) is 12.1 Å². The van der Waals surface area contributed by atoms with Gasteiger partial charge in [0.1, 0.15) is 11.6 Å². The van der Waals surface area contributed by atoms with Crippen LogP contribution in [0.2, 0.25) is 0 Å². The first-order chi connectivity index (χ1) is 12.6. The van der Waals surface area contributed by atoms with Gasteiger partial charge in [-0.05, 0) is 42.7 Å². The van der Waals surface area contributed by atoms with Crippen LogP contribution >= 0.6 is 0 Å². The van der Waals surface area contributed by atoms with Gasteiger partial charge in [-0.1, -0.05) is 18.2 Å². The summed E-state index contributed by atoms with van der Waals surface area (Å²) in [5.41, 5.74) is 1.75. The lowest BCUT2D eigenvalue weighted by molar-refractivity contribution is -0.123. The Morgan fingerprint density at radius 2 is 2.00 bits per heavy atom. The van der Waals surface area contributed by atoms with Crippen molar-refractivity contribution in [2.24, 2.45) is 0 Å². The average Bonchev–Trinajstić information content (AvgIpc) is 3.08. The summed E-state index contributed by atoms with van der Waals surface area (Å²) in [6, 6.07) is 13.4. The zero-order valence-electron chi connectivity index (χ0n) is 14.4. The highest BCUT2D eigenvalue weighted by molar-refractivity contribution is 5.95. The zero-order chi connectivity index (χ0) is 18.4. The number of carbonyl (C=O) groups excluding carboxylic acids is 2. The quantitative estimate of drug-likeness (QED) is 0.830. The van der Waals surface area contributed by atoms with Crippen LogP contribution in [0.5, 0.6) is 5.75 Å². The van der Waals surface area contributed by atoms with E-state index in [4.69, 9.17) is 4.74 Å². The van der Waals surface area contributed by atoms with Crippen LogP contribution in [-0.4, -0.2) is 31.5 Å². The lowest BCUT2D eigenvalue weighted by atomic mass is 10.1. The van der Waals surface area contributed by atoms with Crippen LogP contribution in [-0.2, 0) is 16.0 Å². The maximum Gasteiger partial charge on any atom is 0.257 e. The largest absolute Gasteiger partial charge is 0.484 e. The predicted octanol–water partition coefficient (Wildman–Crippen LogP) is 2.69. The van der Waals surface area contributed by atoms with Gasteiger partial charge >= 0.3 is 0 Å². The predicted molar refractivity (Wildman–Crippen MR) is 96.6 cm³/mol. The van der Waals surface area contributed by atoms with Gasteiger partial charge in [0, 0.05) is 31.3 Å². The molecule has 0 spiro atoms. The molecule has 0 aliphatic carbocycles. The molecule has 1 fully saturated rings. The molecule has 5 nitrogen and oxygen atoms in total. The van der Waals surface area contributed by atoms with Crippen LogP contribution in [0, 0.1) is 5.82 Å². The molecule has 3 rings (SSSR count). The highest BCUT2D eigenvalue weighted by Gasteiger charge is 2.21. The molecule has 0 bridgehead atoms. The second kappa shape index (κ2) is 8.47. The molecule has 2 aromatic carbocycles. The second-order valence-electron chi connectivity index (χ2n) is 6.16. The van der Waals surface area contributed by atoms with Crippen LogP contribution in [0.1, 0.15) is 18.4 Å². The van der Waals surface area contributed by atoms with Crippen molar-refractivity contribution in [3.8, 4) is 5.75 Å². The summed E-state index contributed by atoms with van der Waals surface area (Å²) in [4.78, 5) is 25.4. The third-order valence-corrected chi connectivity index (χ3v) is 4.22. The summed E-state index contributed by atoms with van der Waals surface area (Å²) in [5, 5.41) is 2.77. The van der Waals surface area contributed by atoms with Crippen LogP contribution in [0.3, 0.4) is 0 Å². The number of benzene rings is 2. The molecular formula is C20H21FN2O3. The Hall–Kier alpha value is -2.89. The van der Waals surface area contributed by atoms with E-state index in [1.165, 1.54) is 12.1 Å². The summed E-state index contributed by atoms with van der Waals surface area (Å²) in [5.74, 6) is 0.162. The van der Waals surface area contributed by atoms with Crippen molar-refractivity contribution in [3.05, 3.63) is 59.9 Å². The number of nitrogens with one attached hydrogen (secondary N) is 1. The van der Waals surface area contributed by atoms with Crippen LogP contribution in [0.15, 0.2) is 48.5 Å². The average molecular weight is 356 g/mol. The molecular weight excluding hydrogens is 335 g/mol. The normalized spacial score (nSPS) is 13.7. The molecule has 2 aromatic rings. The number of anilines is 1. The SMILES string of the molecule is O=C(COc1cccc(N2CCCC2=O)c1)NCCc1ccc(F)cc1. The van der Waals surface area contributed by atoms with Crippen molar-refractivity contribution in [2.45, 2.75) is 19.3 Å². The molecule has 0 atom stereocenters. The fraction of sp³-hybridized carbons (Fsp3) is 0.300. The summed E-state index contributed by atoms with van der Waals surface area (Å²) < 4.78 is 18.4. The third kappa shape index (κ3) is 4.81. The van der Waals surface area contributed by atoms with Gasteiger partial charge < -0.3 is 15.0 Å². The summed E-state index contributed by atoms with van der Waals surface area (Å²) in [7, 11) is 0. The number of hydrogen-bond donors (Lipinski definition) is 1. The molecule has 0 unspecified atom stereocenters. The zero-order valence-corrected chi connectivity index (χ0v) is 14.4. The van der Waals surface area contributed by atoms with Gasteiger partial charge in [-0.2, -0.15) is 0 Å². The minimum Gasteiger partial charge on any atom is -0.484 e. The Kier molecular flexibility index (Phi) is 5.84. The van der Waals surface area contributed by atoms with Gasteiger partial charge in [0.05, 0.1) is 0 Å². The Balaban J connectivity index is 1.44. The van der Waals surface area contributed by atoms with Gasteiger partial charge in [0.15, 0.2) is 6.61 Å². The van der Waals surface area contributed by atoms with E-state index in [0.29, 0.717) is 31.7 Å². The Labute approximate surface area is 151 Å². The molecule has 1 N–H and O–H groups in total. The number of ether oxygens (including phenoxy) is 1. The Morgan fingerprint density at radius 1 is 1.19 bits per heavy atom. The number of amides is 2. The number of hydrogen-bond acceptors (Lipinski definition) is 3. The fourth-order valence-corrected chi connectivity index (χ4v) is 2.86. The van der Waals surface area contributed by atoms with Gasteiger partial charge in [-0.3, -0.25) is 9.59 Å². The van der Waals surface area contributed by atoms with E-state index in [0.717, 1.165) is 17.7 Å². The van der Waals surface area contributed by atoms with Crippen LogP contribution in [0.25, 0.3) is 0 Å². The molecule has 1 aliphatic heterocycles. The van der Waals surface area contributed by atoms with E-state index in [9.17, 15) is 14.0 Å². The standard InChI is InChI=1S/C20H21FN2O3/c21-16-8-6-15(7-9-16)10-11-22-19(24)14-26-18-4-1-3-17(13-18)23-12-2-5-20(23)25/h1,3-4,6-9,13H,2,5,10-12,14H2,(H,22,24). The van der Waals surface area contributed by atoms with E-state index >= 15 is 0 Å². The highest BCUT2D eigenvalue weighted by Crippen LogP contribution is 2.25. The molecule has 136 valence electrons. The summed E-state index contributed by atoms with van der Waals surface area (Å²) in [6.07, 6.45) is 2.06. The van der Waals surface area contributed by atoms with Crippen molar-refractivity contribution >= 4 is 17.5 Å². The molecule has 1 saturated heterocycles. The van der Waals surface area contributed by atoms with Gasteiger partial charge in [0.25, 0.3) is 5.91 Å². The first-order valence-electron chi connectivity index (χ1n) is 8.66. The van der Waals surface area contributed by atoms with Crippen molar-refractivity contribution in [1.82, 2.24) is 5.32 Å². The van der Waals surface area contributed by atoms with Gasteiger partial charge in [-0.25, -0.2) is 4.39 Å². The van der Waals surface area contributed by atoms with Crippen molar-refractivity contribution in [3.63, 3.8) is 0 Å².